The molecular weight excluding hydrogens is 226 g/mol. The Bertz CT molecular complexity index is 544. The average molecular weight is 245 g/mol. The van der Waals surface area contributed by atoms with Gasteiger partial charge < -0.3 is 5.73 Å². The highest BCUT2D eigenvalue weighted by Crippen LogP contribution is 2.27. The highest BCUT2D eigenvalue weighted by molar-refractivity contribution is 5.65. The maximum Gasteiger partial charge on any atom is 0.182 e. The summed E-state index contributed by atoms with van der Waals surface area (Å²) in [5, 5.41) is 12.0. The fraction of sp³-hybridized carbons (Fsp3) is 0.462. The number of anilines is 1. The van der Waals surface area contributed by atoms with Crippen molar-refractivity contribution in [3.8, 4) is 11.4 Å². The SMILES string of the molecule is Cc1ccc(N)cc1-c1nnnn1C(C)C(C)C. The maximum atomic E-state index is 5.84. The molecule has 1 heterocycles. The van der Waals surface area contributed by atoms with Crippen LogP contribution in [0.15, 0.2) is 18.2 Å². The predicted molar refractivity (Wildman–Crippen MR) is 72.0 cm³/mol. The highest BCUT2D eigenvalue weighted by Gasteiger charge is 2.18. The van der Waals surface area contributed by atoms with Gasteiger partial charge in [0.2, 0.25) is 0 Å². The van der Waals surface area contributed by atoms with E-state index in [9.17, 15) is 0 Å². The van der Waals surface area contributed by atoms with Crippen LogP contribution in [-0.2, 0) is 0 Å². The van der Waals surface area contributed by atoms with Crippen LogP contribution in [0, 0.1) is 12.8 Å². The quantitative estimate of drug-likeness (QED) is 0.843. The molecular formula is C13H19N5. The Morgan fingerprint density at radius 3 is 2.61 bits per heavy atom. The second kappa shape index (κ2) is 4.76. The summed E-state index contributed by atoms with van der Waals surface area (Å²) in [5.41, 5.74) is 8.68. The number of aromatic nitrogens is 4. The van der Waals surface area contributed by atoms with Gasteiger partial charge in [-0.3, -0.25) is 0 Å². The van der Waals surface area contributed by atoms with Crippen LogP contribution < -0.4 is 5.73 Å². The van der Waals surface area contributed by atoms with Gasteiger partial charge in [0.1, 0.15) is 0 Å². The van der Waals surface area contributed by atoms with Gasteiger partial charge in [-0.1, -0.05) is 19.9 Å². The smallest absolute Gasteiger partial charge is 0.182 e. The lowest BCUT2D eigenvalue weighted by molar-refractivity contribution is 0.371. The third kappa shape index (κ3) is 2.20. The molecule has 18 heavy (non-hydrogen) atoms. The number of hydrogen-bond acceptors (Lipinski definition) is 4. The third-order valence-electron chi connectivity index (χ3n) is 3.35. The van der Waals surface area contributed by atoms with Gasteiger partial charge in [0.05, 0.1) is 6.04 Å². The molecule has 0 saturated carbocycles. The van der Waals surface area contributed by atoms with E-state index < -0.39 is 0 Å². The van der Waals surface area contributed by atoms with Crippen LogP contribution >= 0.6 is 0 Å². The second-order valence-electron chi connectivity index (χ2n) is 5.01. The van der Waals surface area contributed by atoms with Gasteiger partial charge in [-0.25, -0.2) is 4.68 Å². The Morgan fingerprint density at radius 1 is 1.22 bits per heavy atom. The summed E-state index contributed by atoms with van der Waals surface area (Å²) in [6.07, 6.45) is 0. The molecule has 2 rings (SSSR count). The number of aryl methyl sites for hydroxylation is 1. The van der Waals surface area contributed by atoms with Gasteiger partial charge in [0, 0.05) is 11.3 Å². The van der Waals surface area contributed by atoms with Gasteiger partial charge in [-0.2, -0.15) is 0 Å². The molecule has 5 nitrogen and oxygen atoms in total. The minimum Gasteiger partial charge on any atom is -0.399 e. The van der Waals surface area contributed by atoms with Crippen molar-refractivity contribution in [2.75, 3.05) is 5.73 Å². The topological polar surface area (TPSA) is 69.6 Å². The lowest BCUT2D eigenvalue weighted by Crippen LogP contribution is -2.14. The molecule has 0 aliphatic rings. The summed E-state index contributed by atoms with van der Waals surface area (Å²) in [6.45, 7) is 8.46. The molecule has 1 aromatic carbocycles. The van der Waals surface area contributed by atoms with E-state index in [1.165, 1.54) is 0 Å². The normalized spacial score (nSPS) is 12.9. The van der Waals surface area contributed by atoms with Crippen LogP contribution in [0.25, 0.3) is 11.4 Å². The number of hydrogen-bond donors (Lipinski definition) is 1. The Labute approximate surface area is 107 Å². The van der Waals surface area contributed by atoms with E-state index in [1.54, 1.807) is 0 Å². The number of nitrogen functional groups attached to an aromatic ring is 1. The summed E-state index contributed by atoms with van der Waals surface area (Å²) < 4.78 is 1.87. The van der Waals surface area contributed by atoms with Gasteiger partial charge in [-0.15, -0.1) is 5.10 Å². The first-order valence-corrected chi connectivity index (χ1v) is 6.15. The van der Waals surface area contributed by atoms with Crippen molar-refractivity contribution < 1.29 is 0 Å². The van der Waals surface area contributed by atoms with Crippen molar-refractivity contribution in [2.24, 2.45) is 5.92 Å². The van der Waals surface area contributed by atoms with Crippen molar-refractivity contribution in [3.63, 3.8) is 0 Å². The lowest BCUT2D eigenvalue weighted by atomic mass is 10.0. The maximum absolute atomic E-state index is 5.84. The molecule has 0 fully saturated rings. The van der Waals surface area contributed by atoms with Gasteiger partial charge in [-0.05, 0) is 47.9 Å². The van der Waals surface area contributed by atoms with Crippen LogP contribution in [0.3, 0.4) is 0 Å². The fourth-order valence-electron chi connectivity index (χ4n) is 1.81. The molecule has 0 amide bonds. The molecule has 0 bridgehead atoms. The number of nitrogens with two attached hydrogens (primary N) is 1. The fourth-order valence-corrected chi connectivity index (χ4v) is 1.81. The summed E-state index contributed by atoms with van der Waals surface area (Å²) in [7, 11) is 0. The Balaban J connectivity index is 2.52. The van der Waals surface area contributed by atoms with Crippen molar-refractivity contribution in [2.45, 2.75) is 33.7 Å². The van der Waals surface area contributed by atoms with Crippen molar-refractivity contribution in [1.29, 1.82) is 0 Å². The molecule has 5 heteroatoms. The molecule has 0 saturated heterocycles. The lowest BCUT2D eigenvalue weighted by Gasteiger charge is -2.17. The van der Waals surface area contributed by atoms with E-state index in [0.717, 1.165) is 22.6 Å². The minimum absolute atomic E-state index is 0.246. The van der Waals surface area contributed by atoms with E-state index in [0.29, 0.717) is 5.92 Å². The molecule has 0 radical (unpaired) electrons. The molecule has 0 aliphatic heterocycles. The van der Waals surface area contributed by atoms with E-state index in [2.05, 4.69) is 36.3 Å². The first-order valence-electron chi connectivity index (χ1n) is 6.15. The predicted octanol–water partition coefficient (Wildman–Crippen LogP) is 2.45. The van der Waals surface area contributed by atoms with Gasteiger partial charge in [0.25, 0.3) is 0 Å². The van der Waals surface area contributed by atoms with E-state index in [-0.39, 0.29) is 6.04 Å². The first kappa shape index (κ1) is 12.5. The first-order chi connectivity index (χ1) is 8.50. The molecule has 1 atom stereocenters. The zero-order chi connectivity index (χ0) is 13.3. The highest BCUT2D eigenvalue weighted by atomic mass is 15.5. The van der Waals surface area contributed by atoms with Gasteiger partial charge in [0.15, 0.2) is 5.82 Å². The summed E-state index contributed by atoms with van der Waals surface area (Å²) in [5.74, 6) is 1.25. The van der Waals surface area contributed by atoms with Crippen molar-refractivity contribution >= 4 is 5.69 Å². The summed E-state index contributed by atoms with van der Waals surface area (Å²) >= 11 is 0. The van der Waals surface area contributed by atoms with E-state index in [1.807, 2.05) is 29.8 Å². The molecule has 0 aliphatic carbocycles. The Hall–Kier alpha value is -1.91. The van der Waals surface area contributed by atoms with Crippen LogP contribution in [0.2, 0.25) is 0 Å². The molecule has 0 spiro atoms. The van der Waals surface area contributed by atoms with Crippen LogP contribution in [0.5, 0.6) is 0 Å². The number of rotatable bonds is 3. The minimum atomic E-state index is 0.246. The van der Waals surface area contributed by atoms with E-state index in [4.69, 9.17) is 5.73 Å². The largest absolute Gasteiger partial charge is 0.399 e. The van der Waals surface area contributed by atoms with Crippen molar-refractivity contribution in [3.05, 3.63) is 23.8 Å². The number of tetrazole rings is 1. The molecule has 2 aromatic rings. The van der Waals surface area contributed by atoms with E-state index >= 15 is 0 Å². The monoisotopic (exact) mass is 245 g/mol. The average Bonchev–Trinajstić information content (AvgIpc) is 2.80. The standard InChI is InChI=1S/C13H19N5/c1-8(2)10(4)18-13(15-16-17-18)12-7-11(14)6-5-9(12)3/h5-8,10H,14H2,1-4H3. The Kier molecular flexibility index (Phi) is 3.32. The number of benzene rings is 1. The van der Waals surface area contributed by atoms with Crippen LogP contribution in [-0.4, -0.2) is 20.2 Å². The molecule has 1 unspecified atom stereocenters. The van der Waals surface area contributed by atoms with Crippen molar-refractivity contribution in [1.82, 2.24) is 20.2 Å². The third-order valence-corrected chi connectivity index (χ3v) is 3.35. The molecule has 2 N–H and O–H groups in total. The number of nitrogens with zero attached hydrogens (tertiary/aromatic N) is 4. The Morgan fingerprint density at radius 2 is 1.94 bits per heavy atom. The summed E-state index contributed by atoms with van der Waals surface area (Å²) in [6, 6.07) is 6.04. The van der Waals surface area contributed by atoms with Gasteiger partial charge >= 0.3 is 0 Å². The zero-order valence-corrected chi connectivity index (χ0v) is 11.3. The zero-order valence-electron chi connectivity index (χ0n) is 11.3. The molecule has 96 valence electrons. The second-order valence-corrected chi connectivity index (χ2v) is 5.01. The molecule has 1 aromatic heterocycles. The summed E-state index contributed by atoms with van der Waals surface area (Å²) in [4.78, 5) is 0. The van der Waals surface area contributed by atoms with Crippen LogP contribution in [0.4, 0.5) is 5.69 Å². The van der Waals surface area contributed by atoms with Crippen LogP contribution in [0.1, 0.15) is 32.4 Å².